The topological polar surface area (TPSA) is 73.8 Å². The molecule has 0 radical (unpaired) electrons. The van der Waals surface area contributed by atoms with Gasteiger partial charge in [0, 0.05) is 18.0 Å². The first-order valence-corrected chi connectivity index (χ1v) is 13.0. The fraction of sp³-hybridized carbons (Fsp3) is 0.367. The molecule has 3 aromatic rings. The maximum absolute atomic E-state index is 13.7. The Labute approximate surface area is 213 Å². The van der Waals surface area contributed by atoms with E-state index in [2.05, 4.69) is 42.0 Å². The Morgan fingerprint density at radius 3 is 2.50 bits per heavy atom. The fourth-order valence-electron chi connectivity index (χ4n) is 5.59. The average molecular weight is 486 g/mol. The van der Waals surface area contributed by atoms with E-state index < -0.39 is 0 Å². The van der Waals surface area contributed by atoms with Gasteiger partial charge in [0.2, 0.25) is 5.91 Å². The van der Waals surface area contributed by atoms with Gasteiger partial charge in [-0.15, -0.1) is 0 Å². The monoisotopic (exact) mass is 485 g/mol. The van der Waals surface area contributed by atoms with Crippen LogP contribution in [0.15, 0.2) is 78.9 Å². The van der Waals surface area contributed by atoms with Gasteiger partial charge in [-0.25, -0.2) is 10.9 Å². The molecule has 6 heteroatoms. The average Bonchev–Trinajstić information content (AvgIpc) is 3.45. The molecule has 4 atom stereocenters. The van der Waals surface area contributed by atoms with Gasteiger partial charge in [0.15, 0.2) is 0 Å². The molecule has 188 valence electrons. The summed E-state index contributed by atoms with van der Waals surface area (Å²) in [4.78, 5) is 15.7. The normalized spacial score (nSPS) is 23.1. The van der Waals surface area contributed by atoms with Crippen molar-refractivity contribution < 1.29 is 14.6 Å². The molecule has 3 aromatic carbocycles. The highest BCUT2D eigenvalue weighted by Crippen LogP contribution is 2.48. The van der Waals surface area contributed by atoms with E-state index in [-0.39, 0.29) is 35.7 Å². The van der Waals surface area contributed by atoms with Crippen LogP contribution in [0.25, 0.3) is 0 Å². The number of amides is 1. The highest BCUT2D eigenvalue weighted by Gasteiger charge is 2.55. The molecule has 0 aliphatic carbocycles. The number of unbranched alkanes of at least 4 members (excludes halogenated alkanes) is 2. The van der Waals surface area contributed by atoms with Gasteiger partial charge in [-0.05, 0) is 42.2 Å². The predicted octanol–water partition coefficient (Wildman–Crippen LogP) is 4.92. The van der Waals surface area contributed by atoms with E-state index in [1.165, 1.54) is 5.56 Å². The van der Waals surface area contributed by atoms with Gasteiger partial charge >= 0.3 is 0 Å². The predicted molar refractivity (Wildman–Crippen MR) is 140 cm³/mol. The summed E-state index contributed by atoms with van der Waals surface area (Å²) < 4.78 is 6.07. The van der Waals surface area contributed by atoms with Gasteiger partial charge in [0.25, 0.3) is 0 Å². The summed E-state index contributed by atoms with van der Waals surface area (Å²) in [7, 11) is 0. The summed E-state index contributed by atoms with van der Waals surface area (Å²) in [6, 6.07) is 25.1. The first-order chi connectivity index (χ1) is 17.7. The van der Waals surface area contributed by atoms with Crippen LogP contribution >= 0.6 is 0 Å². The number of hydrazine groups is 1. The summed E-state index contributed by atoms with van der Waals surface area (Å²) in [5, 5.41) is 10.6. The van der Waals surface area contributed by atoms with Gasteiger partial charge in [-0.2, -0.15) is 0 Å². The van der Waals surface area contributed by atoms with Crippen molar-refractivity contribution in [3.8, 4) is 11.5 Å². The standard InChI is InChI=1S/C30H35N3O3/c1-2-3-9-19-36-23-14-10-13-22(20-23)29-26-27(24-15-7-8-16-25(24)34)31-32-28(26)30(35)33(29)18-17-21-11-5-4-6-12-21/h4-8,10-16,20,26-29,31-32,34H,2-3,9,17-19H2,1H3. The number of hydrogen-bond donors (Lipinski definition) is 3. The van der Waals surface area contributed by atoms with E-state index in [1.807, 2.05) is 53.4 Å². The van der Waals surface area contributed by atoms with Crippen molar-refractivity contribution in [2.75, 3.05) is 13.2 Å². The molecule has 5 rings (SSSR count). The number of nitrogens with zero attached hydrogens (tertiary/aromatic N) is 1. The summed E-state index contributed by atoms with van der Waals surface area (Å²) in [5.41, 5.74) is 9.63. The van der Waals surface area contributed by atoms with E-state index in [0.29, 0.717) is 13.2 Å². The number of ether oxygens (including phenoxy) is 1. The van der Waals surface area contributed by atoms with E-state index in [4.69, 9.17) is 4.74 Å². The molecule has 0 spiro atoms. The number of benzene rings is 3. The van der Waals surface area contributed by atoms with E-state index in [9.17, 15) is 9.90 Å². The molecule has 6 nitrogen and oxygen atoms in total. The molecular weight excluding hydrogens is 450 g/mol. The quantitative estimate of drug-likeness (QED) is 0.356. The Kier molecular flexibility index (Phi) is 7.54. The second-order valence-corrected chi connectivity index (χ2v) is 9.72. The van der Waals surface area contributed by atoms with Crippen LogP contribution in [0.2, 0.25) is 0 Å². The zero-order valence-corrected chi connectivity index (χ0v) is 20.8. The van der Waals surface area contributed by atoms with E-state index in [1.54, 1.807) is 6.07 Å². The number of carbonyl (C=O) groups excluding carboxylic acids is 1. The molecule has 2 fully saturated rings. The van der Waals surface area contributed by atoms with E-state index >= 15 is 0 Å². The molecule has 2 aliphatic rings. The third-order valence-electron chi connectivity index (χ3n) is 7.39. The van der Waals surface area contributed by atoms with Crippen LogP contribution in [0.5, 0.6) is 11.5 Å². The van der Waals surface area contributed by atoms with Crippen molar-refractivity contribution >= 4 is 5.91 Å². The summed E-state index contributed by atoms with van der Waals surface area (Å²) in [6.45, 7) is 3.49. The lowest BCUT2D eigenvalue weighted by Gasteiger charge is -2.31. The number of phenolic OH excluding ortho intramolecular Hbond substituents is 1. The van der Waals surface area contributed by atoms with Gasteiger partial charge in [0.1, 0.15) is 17.5 Å². The molecule has 4 unspecified atom stereocenters. The number of likely N-dealkylation sites (tertiary alicyclic amines) is 1. The van der Waals surface area contributed by atoms with Crippen molar-refractivity contribution in [2.24, 2.45) is 5.92 Å². The van der Waals surface area contributed by atoms with Gasteiger partial charge in [0.05, 0.1) is 18.7 Å². The first-order valence-electron chi connectivity index (χ1n) is 13.0. The summed E-state index contributed by atoms with van der Waals surface area (Å²) >= 11 is 0. The molecule has 2 heterocycles. The van der Waals surface area contributed by atoms with Crippen LogP contribution in [0.4, 0.5) is 0 Å². The third kappa shape index (κ3) is 4.97. The van der Waals surface area contributed by atoms with Crippen LogP contribution in [0, 0.1) is 5.92 Å². The van der Waals surface area contributed by atoms with Gasteiger partial charge in [-0.1, -0.05) is 80.4 Å². The number of nitrogens with one attached hydrogen (secondary N) is 2. The number of para-hydroxylation sites is 1. The number of carbonyl (C=O) groups is 1. The molecule has 0 saturated carbocycles. The molecule has 36 heavy (non-hydrogen) atoms. The van der Waals surface area contributed by atoms with Crippen molar-refractivity contribution in [1.82, 2.24) is 15.8 Å². The minimum absolute atomic E-state index is 0.0839. The number of aromatic hydroxyl groups is 1. The smallest absolute Gasteiger partial charge is 0.242 e. The molecule has 2 aliphatic heterocycles. The molecular formula is C30H35N3O3. The van der Waals surface area contributed by atoms with Gasteiger partial charge < -0.3 is 14.7 Å². The minimum Gasteiger partial charge on any atom is -0.508 e. The zero-order chi connectivity index (χ0) is 24.9. The molecule has 0 aromatic heterocycles. The Morgan fingerprint density at radius 2 is 1.69 bits per heavy atom. The van der Waals surface area contributed by atoms with Crippen molar-refractivity contribution in [2.45, 2.75) is 50.7 Å². The van der Waals surface area contributed by atoms with Crippen molar-refractivity contribution in [3.63, 3.8) is 0 Å². The minimum atomic E-state index is -0.371. The molecule has 1 amide bonds. The first kappa shape index (κ1) is 24.3. The molecule has 2 saturated heterocycles. The largest absolute Gasteiger partial charge is 0.508 e. The van der Waals surface area contributed by atoms with Crippen LogP contribution in [0.3, 0.4) is 0 Å². The highest BCUT2D eigenvalue weighted by atomic mass is 16.5. The van der Waals surface area contributed by atoms with Crippen LogP contribution < -0.4 is 15.6 Å². The maximum Gasteiger partial charge on any atom is 0.242 e. The van der Waals surface area contributed by atoms with Crippen molar-refractivity contribution in [1.29, 1.82) is 0 Å². The fourth-order valence-corrected chi connectivity index (χ4v) is 5.59. The Hall–Kier alpha value is -3.35. The Bertz CT molecular complexity index is 1170. The number of rotatable bonds is 10. The second kappa shape index (κ2) is 11.1. The van der Waals surface area contributed by atoms with Crippen molar-refractivity contribution in [3.05, 3.63) is 95.6 Å². The molecule has 0 bridgehead atoms. The lowest BCUT2D eigenvalue weighted by Crippen LogP contribution is -2.42. The number of hydrogen-bond acceptors (Lipinski definition) is 5. The van der Waals surface area contributed by atoms with Gasteiger partial charge in [-0.3, -0.25) is 4.79 Å². The SMILES string of the molecule is CCCCCOc1cccc(C2C3C(NNC3c3ccccc3O)C(=O)N2CCc2ccccc2)c1. The lowest BCUT2D eigenvalue weighted by molar-refractivity contribution is -0.130. The second-order valence-electron chi connectivity index (χ2n) is 9.72. The lowest BCUT2D eigenvalue weighted by atomic mass is 9.83. The van der Waals surface area contributed by atoms with Crippen LogP contribution in [0.1, 0.15) is 55.0 Å². The zero-order valence-electron chi connectivity index (χ0n) is 20.8. The van der Waals surface area contributed by atoms with E-state index in [0.717, 1.165) is 42.6 Å². The number of fused-ring (bicyclic) bond motifs is 1. The third-order valence-corrected chi connectivity index (χ3v) is 7.39. The summed E-state index contributed by atoms with van der Waals surface area (Å²) in [5.74, 6) is 1.07. The Morgan fingerprint density at radius 1 is 0.917 bits per heavy atom. The maximum atomic E-state index is 13.7. The highest BCUT2D eigenvalue weighted by molar-refractivity contribution is 5.86. The van der Waals surface area contributed by atoms with Crippen LogP contribution in [-0.4, -0.2) is 35.1 Å². The summed E-state index contributed by atoms with van der Waals surface area (Å²) in [6.07, 6.45) is 4.11. The Balaban J connectivity index is 1.47. The molecule has 3 N–H and O–H groups in total. The number of phenols is 1. The van der Waals surface area contributed by atoms with Crippen LogP contribution in [-0.2, 0) is 11.2 Å².